The van der Waals surface area contributed by atoms with Crippen LogP contribution in [0.4, 0.5) is 11.4 Å². The van der Waals surface area contributed by atoms with Crippen molar-refractivity contribution in [2.24, 2.45) is 0 Å². The molecule has 0 bridgehead atoms. The second-order valence-corrected chi connectivity index (χ2v) is 8.53. The molecule has 1 atom stereocenters. The highest BCUT2D eigenvalue weighted by atomic mass is 16.1. The quantitative estimate of drug-likeness (QED) is 0.595. The van der Waals surface area contributed by atoms with Crippen LogP contribution < -0.4 is 16.0 Å². The van der Waals surface area contributed by atoms with Gasteiger partial charge in [0, 0.05) is 30.0 Å². The Labute approximate surface area is 182 Å². The van der Waals surface area contributed by atoms with Gasteiger partial charge in [-0.15, -0.1) is 0 Å². The molecule has 0 saturated carbocycles. The molecular weight excluding hydrogens is 370 g/mol. The van der Waals surface area contributed by atoms with Gasteiger partial charge in [0.05, 0.1) is 0 Å². The molecule has 2 aromatic rings. The lowest BCUT2D eigenvalue weighted by Gasteiger charge is -2.19. The smallest absolute Gasteiger partial charge is 0.221 e. The molecule has 1 aliphatic rings. The zero-order chi connectivity index (χ0) is 22.4. The number of hydrogen-bond acceptors (Lipinski definition) is 3. The number of carbonyl (C=O) groups excluding carboxylic acids is 1. The summed E-state index contributed by atoms with van der Waals surface area (Å²) in [6.45, 7) is 19.3. The van der Waals surface area contributed by atoms with Gasteiger partial charge in [-0.05, 0) is 83.2 Å². The van der Waals surface area contributed by atoms with Gasteiger partial charge in [0.1, 0.15) is 0 Å². The average Bonchev–Trinajstić information content (AvgIpc) is 3.16. The van der Waals surface area contributed by atoms with Gasteiger partial charge in [0.15, 0.2) is 0 Å². The van der Waals surface area contributed by atoms with Crippen LogP contribution >= 0.6 is 0 Å². The molecule has 162 valence electrons. The van der Waals surface area contributed by atoms with Crippen LogP contribution in [0.1, 0.15) is 53.1 Å². The normalized spacial score (nSPS) is 15.2. The van der Waals surface area contributed by atoms with Gasteiger partial charge in [-0.3, -0.25) is 4.79 Å². The lowest BCUT2D eigenvalue weighted by Crippen LogP contribution is -2.27. The standard InChI is InChI=1S/C15H22N2.C11H15NO/c1-10-8-11(2)15(12(3)9-10)17-13(4)14-6-5-7-16-14;1-7-5-8(2)11(9(3)6-7)12-10(4)13/h8-9,14,16-17H,4-7H2,1-3H3;5-6H,1-4H3,(H,12,13). The van der Waals surface area contributed by atoms with Crippen LogP contribution in [0.3, 0.4) is 0 Å². The zero-order valence-corrected chi connectivity index (χ0v) is 19.6. The molecular formula is C26H37N3O. The van der Waals surface area contributed by atoms with Crippen LogP contribution in [-0.2, 0) is 4.79 Å². The molecule has 0 aromatic heterocycles. The van der Waals surface area contributed by atoms with E-state index in [9.17, 15) is 4.79 Å². The van der Waals surface area contributed by atoms with Gasteiger partial charge in [0.25, 0.3) is 0 Å². The SMILES string of the molecule is C=C(Nc1c(C)cc(C)cc1C)C1CCCN1.CC(=O)Nc1c(C)cc(C)cc1C. The number of aryl methyl sites for hydroxylation is 6. The first-order valence-electron chi connectivity index (χ1n) is 10.7. The molecule has 1 saturated heterocycles. The van der Waals surface area contributed by atoms with Gasteiger partial charge in [-0.2, -0.15) is 0 Å². The predicted molar refractivity (Wildman–Crippen MR) is 129 cm³/mol. The third-order valence-electron chi connectivity index (χ3n) is 5.42. The van der Waals surface area contributed by atoms with E-state index in [-0.39, 0.29) is 5.91 Å². The van der Waals surface area contributed by atoms with Gasteiger partial charge in [-0.25, -0.2) is 0 Å². The number of carbonyl (C=O) groups is 1. The molecule has 3 rings (SSSR count). The van der Waals surface area contributed by atoms with Gasteiger partial charge in [0.2, 0.25) is 5.91 Å². The summed E-state index contributed by atoms with van der Waals surface area (Å²) in [7, 11) is 0. The van der Waals surface area contributed by atoms with Crippen molar-refractivity contribution in [3.63, 3.8) is 0 Å². The maximum absolute atomic E-state index is 10.9. The first kappa shape index (κ1) is 23.7. The van der Waals surface area contributed by atoms with Crippen molar-refractivity contribution >= 4 is 17.3 Å². The number of benzene rings is 2. The Balaban J connectivity index is 0.000000222. The van der Waals surface area contributed by atoms with E-state index in [1.807, 2.05) is 13.8 Å². The van der Waals surface area contributed by atoms with Crippen molar-refractivity contribution in [2.45, 2.75) is 67.3 Å². The third-order valence-corrected chi connectivity index (χ3v) is 5.42. The number of hydrogen-bond donors (Lipinski definition) is 3. The molecule has 0 spiro atoms. The molecule has 4 heteroatoms. The van der Waals surface area contributed by atoms with Crippen LogP contribution in [0.2, 0.25) is 0 Å². The molecule has 2 aromatic carbocycles. The van der Waals surface area contributed by atoms with E-state index >= 15 is 0 Å². The Kier molecular flexibility index (Phi) is 8.24. The highest BCUT2D eigenvalue weighted by Crippen LogP contribution is 2.25. The molecule has 1 aliphatic heterocycles. The van der Waals surface area contributed by atoms with E-state index < -0.39 is 0 Å². The van der Waals surface area contributed by atoms with Crippen LogP contribution in [-0.4, -0.2) is 18.5 Å². The Morgan fingerprint density at radius 3 is 1.67 bits per heavy atom. The Bertz CT molecular complexity index is 878. The molecule has 1 unspecified atom stereocenters. The van der Waals surface area contributed by atoms with Gasteiger partial charge in [-0.1, -0.05) is 42.0 Å². The van der Waals surface area contributed by atoms with E-state index in [0.717, 1.165) is 29.1 Å². The topological polar surface area (TPSA) is 53.2 Å². The fourth-order valence-electron chi connectivity index (χ4n) is 4.16. The number of nitrogens with one attached hydrogen (secondary N) is 3. The summed E-state index contributed by atoms with van der Waals surface area (Å²) >= 11 is 0. The Hall–Kier alpha value is -2.59. The Morgan fingerprint density at radius 1 is 0.867 bits per heavy atom. The predicted octanol–water partition coefficient (Wildman–Crippen LogP) is 5.86. The highest BCUT2D eigenvalue weighted by molar-refractivity contribution is 5.90. The van der Waals surface area contributed by atoms with Crippen LogP contribution in [0.25, 0.3) is 0 Å². The molecule has 30 heavy (non-hydrogen) atoms. The number of anilines is 2. The number of rotatable bonds is 4. The van der Waals surface area contributed by atoms with E-state index in [4.69, 9.17) is 0 Å². The summed E-state index contributed by atoms with van der Waals surface area (Å²) in [6, 6.07) is 8.99. The average molecular weight is 408 g/mol. The molecule has 1 amide bonds. The van der Waals surface area contributed by atoms with E-state index in [1.165, 1.54) is 47.7 Å². The van der Waals surface area contributed by atoms with Crippen molar-refractivity contribution in [2.75, 3.05) is 17.2 Å². The second-order valence-electron chi connectivity index (χ2n) is 8.53. The summed E-state index contributed by atoms with van der Waals surface area (Å²) < 4.78 is 0. The summed E-state index contributed by atoms with van der Waals surface area (Å²) in [4.78, 5) is 10.9. The fraction of sp³-hybridized carbons (Fsp3) is 0.423. The Morgan fingerprint density at radius 2 is 1.30 bits per heavy atom. The summed E-state index contributed by atoms with van der Waals surface area (Å²) in [6.07, 6.45) is 2.44. The molecule has 4 nitrogen and oxygen atoms in total. The molecule has 0 aliphatic carbocycles. The van der Waals surface area contributed by atoms with Crippen molar-refractivity contribution in [1.82, 2.24) is 5.32 Å². The first-order valence-corrected chi connectivity index (χ1v) is 10.7. The lowest BCUT2D eigenvalue weighted by molar-refractivity contribution is -0.114. The van der Waals surface area contributed by atoms with Crippen molar-refractivity contribution in [1.29, 1.82) is 0 Å². The fourth-order valence-corrected chi connectivity index (χ4v) is 4.16. The maximum atomic E-state index is 10.9. The summed E-state index contributed by atoms with van der Waals surface area (Å²) in [5.41, 5.74) is 10.6. The van der Waals surface area contributed by atoms with E-state index in [0.29, 0.717) is 6.04 Å². The number of amides is 1. The lowest BCUT2D eigenvalue weighted by atomic mass is 10.0. The maximum Gasteiger partial charge on any atom is 0.221 e. The van der Waals surface area contributed by atoms with E-state index in [2.05, 4.69) is 74.5 Å². The van der Waals surface area contributed by atoms with Gasteiger partial charge >= 0.3 is 0 Å². The largest absolute Gasteiger partial charge is 0.358 e. The molecule has 1 fully saturated rings. The van der Waals surface area contributed by atoms with Crippen LogP contribution in [0.5, 0.6) is 0 Å². The summed E-state index contributed by atoms with van der Waals surface area (Å²) in [5.74, 6) is -0.0185. The van der Waals surface area contributed by atoms with Crippen molar-refractivity contribution in [3.8, 4) is 0 Å². The molecule has 0 radical (unpaired) electrons. The minimum Gasteiger partial charge on any atom is -0.358 e. The highest BCUT2D eigenvalue weighted by Gasteiger charge is 2.18. The summed E-state index contributed by atoms with van der Waals surface area (Å²) in [5, 5.41) is 9.79. The van der Waals surface area contributed by atoms with Crippen LogP contribution in [0, 0.1) is 41.5 Å². The van der Waals surface area contributed by atoms with Crippen molar-refractivity contribution < 1.29 is 4.79 Å². The molecule has 1 heterocycles. The molecule has 3 N–H and O–H groups in total. The monoisotopic (exact) mass is 407 g/mol. The minimum atomic E-state index is -0.0185. The van der Waals surface area contributed by atoms with Gasteiger partial charge < -0.3 is 16.0 Å². The second kappa shape index (κ2) is 10.4. The van der Waals surface area contributed by atoms with Crippen molar-refractivity contribution in [3.05, 3.63) is 69.9 Å². The van der Waals surface area contributed by atoms with Crippen LogP contribution in [0.15, 0.2) is 36.5 Å². The minimum absolute atomic E-state index is 0.0185. The third kappa shape index (κ3) is 6.46. The van der Waals surface area contributed by atoms with E-state index in [1.54, 1.807) is 0 Å². The first-order chi connectivity index (χ1) is 14.1. The zero-order valence-electron chi connectivity index (χ0n) is 19.6.